The number of methoxy groups -OCH3 is 1. The van der Waals surface area contributed by atoms with Crippen molar-refractivity contribution in [1.82, 2.24) is 5.43 Å². The molecule has 2 amide bonds. The van der Waals surface area contributed by atoms with E-state index in [-0.39, 0.29) is 12.3 Å². The number of nitrogens with one attached hydrogen (secondary N) is 2. The lowest BCUT2D eigenvalue weighted by Crippen LogP contribution is -2.32. The summed E-state index contributed by atoms with van der Waals surface area (Å²) in [6.45, 7) is 0.284. The highest BCUT2D eigenvalue weighted by Crippen LogP contribution is 2.31. The molecule has 2 N–H and O–H groups in total. The van der Waals surface area contributed by atoms with E-state index in [0.717, 1.165) is 10.0 Å². The van der Waals surface area contributed by atoms with Crippen LogP contribution in [0.2, 0.25) is 0 Å². The molecule has 32 heavy (non-hydrogen) atoms. The summed E-state index contributed by atoms with van der Waals surface area (Å²) in [7, 11) is 1.51. The van der Waals surface area contributed by atoms with Gasteiger partial charge >= 0.3 is 11.8 Å². The minimum Gasteiger partial charge on any atom is -0.493 e. The smallest absolute Gasteiger partial charge is 0.329 e. The topological polar surface area (TPSA) is 89.0 Å². The van der Waals surface area contributed by atoms with Crippen molar-refractivity contribution in [3.63, 3.8) is 0 Å². The van der Waals surface area contributed by atoms with Crippen molar-refractivity contribution in [3.8, 4) is 11.5 Å². The number of hydrogen-bond acceptors (Lipinski definition) is 5. The van der Waals surface area contributed by atoms with Crippen LogP contribution in [0, 0.1) is 5.82 Å². The fraction of sp³-hybridized carbons (Fsp3) is 0.0870. The minimum absolute atomic E-state index is 0.104. The zero-order valence-corrected chi connectivity index (χ0v) is 18.6. The van der Waals surface area contributed by atoms with Gasteiger partial charge in [0.2, 0.25) is 0 Å². The molecule has 0 saturated heterocycles. The summed E-state index contributed by atoms with van der Waals surface area (Å²) in [5.41, 5.74) is 3.48. The number of amides is 2. The molecule has 0 atom stereocenters. The second-order valence-electron chi connectivity index (χ2n) is 6.43. The van der Waals surface area contributed by atoms with E-state index in [0.29, 0.717) is 17.1 Å². The highest BCUT2D eigenvalue weighted by molar-refractivity contribution is 9.10. The van der Waals surface area contributed by atoms with Crippen LogP contribution in [0.3, 0.4) is 0 Å². The zero-order valence-electron chi connectivity index (χ0n) is 17.0. The molecule has 0 spiro atoms. The van der Waals surface area contributed by atoms with Gasteiger partial charge in [-0.3, -0.25) is 9.59 Å². The lowest BCUT2D eigenvalue weighted by atomic mass is 10.2. The Morgan fingerprint density at radius 2 is 1.78 bits per heavy atom. The molecular formula is C23H19BrFN3O4. The predicted octanol–water partition coefficient (Wildman–Crippen LogP) is 4.26. The molecular weight excluding hydrogens is 481 g/mol. The van der Waals surface area contributed by atoms with Crippen molar-refractivity contribution >= 4 is 39.6 Å². The summed E-state index contributed by atoms with van der Waals surface area (Å²) in [6.07, 6.45) is 1.33. The Hall–Kier alpha value is -3.72. The Morgan fingerprint density at radius 3 is 2.50 bits per heavy atom. The highest BCUT2D eigenvalue weighted by atomic mass is 79.9. The lowest BCUT2D eigenvalue weighted by Gasteiger charge is -2.13. The number of hydrogen-bond donors (Lipinski definition) is 2. The largest absolute Gasteiger partial charge is 0.493 e. The second kappa shape index (κ2) is 11.1. The summed E-state index contributed by atoms with van der Waals surface area (Å²) in [5.74, 6) is -1.85. The van der Waals surface area contributed by atoms with Crippen LogP contribution in [0.1, 0.15) is 11.1 Å². The van der Waals surface area contributed by atoms with Crippen LogP contribution < -0.4 is 20.2 Å². The molecule has 9 heteroatoms. The Labute approximate surface area is 192 Å². The van der Waals surface area contributed by atoms with Gasteiger partial charge in [-0.25, -0.2) is 9.82 Å². The highest BCUT2D eigenvalue weighted by Gasteiger charge is 2.15. The van der Waals surface area contributed by atoms with Gasteiger partial charge in [0.15, 0.2) is 11.5 Å². The molecule has 7 nitrogen and oxygen atoms in total. The van der Waals surface area contributed by atoms with Crippen LogP contribution in [0.15, 0.2) is 76.3 Å². The first-order valence-corrected chi connectivity index (χ1v) is 10.2. The fourth-order valence-corrected chi connectivity index (χ4v) is 2.90. The summed E-state index contributed by atoms with van der Waals surface area (Å²) >= 11 is 3.39. The van der Waals surface area contributed by atoms with Crippen LogP contribution >= 0.6 is 15.9 Å². The quantitative estimate of drug-likeness (QED) is 0.288. The number of anilines is 1. The van der Waals surface area contributed by atoms with Crippen molar-refractivity contribution in [2.24, 2.45) is 5.10 Å². The van der Waals surface area contributed by atoms with Gasteiger partial charge in [-0.1, -0.05) is 46.3 Å². The molecule has 0 fully saturated rings. The van der Waals surface area contributed by atoms with Gasteiger partial charge in [0.05, 0.1) is 19.0 Å². The second-order valence-corrected chi connectivity index (χ2v) is 7.34. The molecule has 0 saturated carbocycles. The number of halogens is 2. The van der Waals surface area contributed by atoms with Crippen molar-refractivity contribution < 1.29 is 23.5 Å². The van der Waals surface area contributed by atoms with Gasteiger partial charge in [0.1, 0.15) is 12.4 Å². The van der Waals surface area contributed by atoms with Crippen LogP contribution in [0.4, 0.5) is 10.1 Å². The predicted molar refractivity (Wildman–Crippen MR) is 122 cm³/mol. The molecule has 0 bridgehead atoms. The Kier molecular flexibility index (Phi) is 7.93. The van der Waals surface area contributed by atoms with E-state index in [4.69, 9.17) is 9.47 Å². The first-order chi connectivity index (χ1) is 15.5. The number of rotatable bonds is 7. The SMILES string of the molecule is COc1cccc(/C=N\NC(=O)C(=O)Nc2ccccc2F)c1OCc1ccc(Br)cc1. The number of hydrazone groups is 1. The first kappa shape index (κ1) is 23.0. The standard InChI is InChI=1S/C23H19BrFN3O4/c1-31-20-8-4-5-16(21(20)32-14-15-9-11-17(24)12-10-15)13-26-28-23(30)22(29)27-19-7-3-2-6-18(19)25/h2-13H,14H2,1H3,(H,27,29)(H,28,30)/b26-13-. The summed E-state index contributed by atoms with van der Waals surface area (Å²) in [4.78, 5) is 23.9. The molecule has 0 aliphatic heterocycles. The van der Waals surface area contributed by atoms with Crippen molar-refractivity contribution in [2.75, 3.05) is 12.4 Å². The average molecular weight is 500 g/mol. The van der Waals surface area contributed by atoms with Gasteiger partial charge in [-0.05, 0) is 42.0 Å². The molecule has 0 radical (unpaired) electrons. The third-order valence-electron chi connectivity index (χ3n) is 4.22. The molecule has 3 aromatic carbocycles. The monoisotopic (exact) mass is 499 g/mol. The number of carbonyl (C=O) groups excluding carboxylic acids is 2. The number of para-hydroxylation sites is 2. The normalized spacial score (nSPS) is 10.6. The number of carbonyl (C=O) groups is 2. The molecule has 3 rings (SSSR count). The third kappa shape index (κ3) is 6.14. The number of ether oxygens (including phenoxy) is 2. The molecule has 0 aliphatic rings. The Balaban J connectivity index is 1.66. The van der Waals surface area contributed by atoms with Gasteiger partial charge < -0.3 is 14.8 Å². The van der Waals surface area contributed by atoms with Gasteiger partial charge in [0, 0.05) is 10.0 Å². The van der Waals surface area contributed by atoms with Crippen LogP contribution in [-0.4, -0.2) is 25.1 Å². The van der Waals surface area contributed by atoms with Gasteiger partial charge in [-0.2, -0.15) is 5.10 Å². The molecule has 0 aromatic heterocycles. The molecule has 3 aromatic rings. The zero-order chi connectivity index (χ0) is 22.9. The van der Waals surface area contributed by atoms with Crippen LogP contribution in [0.25, 0.3) is 0 Å². The number of nitrogens with zero attached hydrogens (tertiary/aromatic N) is 1. The number of benzene rings is 3. The maximum absolute atomic E-state index is 13.6. The summed E-state index contributed by atoms with van der Waals surface area (Å²) in [6, 6.07) is 18.4. The van der Waals surface area contributed by atoms with Crippen LogP contribution in [0.5, 0.6) is 11.5 Å². The summed E-state index contributed by atoms with van der Waals surface area (Å²) < 4.78 is 25.8. The van der Waals surface area contributed by atoms with E-state index < -0.39 is 17.6 Å². The molecule has 0 unspecified atom stereocenters. The van der Waals surface area contributed by atoms with Gasteiger partial charge in [0.25, 0.3) is 0 Å². The minimum atomic E-state index is -1.05. The van der Waals surface area contributed by atoms with E-state index in [1.165, 1.54) is 37.6 Å². The van der Waals surface area contributed by atoms with E-state index in [1.54, 1.807) is 18.2 Å². The maximum atomic E-state index is 13.6. The molecule has 0 aliphatic carbocycles. The van der Waals surface area contributed by atoms with E-state index >= 15 is 0 Å². The lowest BCUT2D eigenvalue weighted by molar-refractivity contribution is -0.136. The maximum Gasteiger partial charge on any atom is 0.329 e. The first-order valence-electron chi connectivity index (χ1n) is 9.41. The van der Waals surface area contributed by atoms with Crippen LogP contribution in [-0.2, 0) is 16.2 Å². The summed E-state index contributed by atoms with van der Waals surface area (Å²) in [5, 5.41) is 5.99. The van der Waals surface area contributed by atoms with E-state index in [9.17, 15) is 14.0 Å². The van der Waals surface area contributed by atoms with Crippen molar-refractivity contribution in [3.05, 3.63) is 88.1 Å². The van der Waals surface area contributed by atoms with E-state index in [2.05, 4.69) is 31.8 Å². The molecule has 164 valence electrons. The Morgan fingerprint density at radius 1 is 1.03 bits per heavy atom. The molecule has 0 heterocycles. The average Bonchev–Trinajstić information content (AvgIpc) is 2.80. The Bertz CT molecular complexity index is 1140. The fourth-order valence-electron chi connectivity index (χ4n) is 2.64. The van der Waals surface area contributed by atoms with Crippen molar-refractivity contribution in [1.29, 1.82) is 0 Å². The third-order valence-corrected chi connectivity index (χ3v) is 4.75. The van der Waals surface area contributed by atoms with E-state index in [1.807, 2.05) is 24.3 Å². The van der Waals surface area contributed by atoms with Crippen molar-refractivity contribution in [2.45, 2.75) is 6.61 Å². The van der Waals surface area contributed by atoms with Gasteiger partial charge in [-0.15, -0.1) is 0 Å².